The molecule has 0 aliphatic heterocycles. The smallest absolute Gasteiger partial charge is 0.264 e. The fourth-order valence-corrected chi connectivity index (χ4v) is 3.41. The van der Waals surface area contributed by atoms with E-state index in [0.29, 0.717) is 18.0 Å². The molecule has 7 nitrogen and oxygen atoms in total. The average molecular weight is 423 g/mol. The van der Waals surface area contributed by atoms with Crippen LogP contribution in [0.1, 0.15) is 37.2 Å². The predicted molar refractivity (Wildman–Crippen MR) is 122 cm³/mol. The first-order chi connectivity index (χ1) is 14.8. The fourth-order valence-electron chi connectivity index (χ4n) is 3.41. The van der Waals surface area contributed by atoms with Gasteiger partial charge in [0.05, 0.1) is 7.11 Å². The van der Waals surface area contributed by atoms with Crippen molar-refractivity contribution >= 4 is 23.6 Å². The second-order valence-electron chi connectivity index (χ2n) is 7.25. The van der Waals surface area contributed by atoms with Gasteiger partial charge in [-0.05, 0) is 57.0 Å². The summed E-state index contributed by atoms with van der Waals surface area (Å²) in [6.07, 6.45) is 2.61. The van der Waals surface area contributed by atoms with Gasteiger partial charge in [0.2, 0.25) is 5.91 Å². The van der Waals surface area contributed by atoms with Crippen molar-refractivity contribution in [3.63, 3.8) is 0 Å². The van der Waals surface area contributed by atoms with Gasteiger partial charge < -0.3 is 19.5 Å². The van der Waals surface area contributed by atoms with Crippen LogP contribution in [0.5, 0.6) is 5.75 Å². The number of nitrogens with one attached hydrogen (secondary N) is 1. The van der Waals surface area contributed by atoms with Crippen LogP contribution in [0, 0.1) is 25.2 Å². The Labute approximate surface area is 183 Å². The van der Waals surface area contributed by atoms with Crippen LogP contribution in [0.3, 0.4) is 0 Å². The van der Waals surface area contributed by atoms with E-state index in [-0.39, 0.29) is 18.0 Å². The first kappa shape index (κ1) is 23.7. The van der Waals surface area contributed by atoms with E-state index in [2.05, 4.69) is 16.8 Å². The highest BCUT2D eigenvalue weighted by Gasteiger charge is 2.20. The maximum Gasteiger partial charge on any atom is 0.264 e. The molecule has 0 bridgehead atoms. The molecule has 0 aliphatic rings. The number of aryl methyl sites for hydroxylation is 1. The first-order valence-electron chi connectivity index (χ1n) is 10.4. The Morgan fingerprint density at radius 3 is 2.61 bits per heavy atom. The predicted octanol–water partition coefficient (Wildman–Crippen LogP) is 3.92. The van der Waals surface area contributed by atoms with E-state index >= 15 is 0 Å². The number of nitrogens with zero attached hydrogens (tertiary/aromatic N) is 3. The average Bonchev–Trinajstić information content (AvgIpc) is 3.03. The summed E-state index contributed by atoms with van der Waals surface area (Å²) in [4.78, 5) is 26.8. The molecule has 0 aliphatic carbocycles. The SMILES string of the molecule is CCCn1c(C)cc(/C=C(/C#N)C(=O)N(CC)CC(=O)Nc2cccc(OC)c2)c1C. The highest BCUT2D eigenvalue weighted by Crippen LogP contribution is 2.20. The van der Waals surface area contributed by atoms with E-state index in [1.165, 1.54) is 4.90 Å². The number of nitriles is 1. The zero-order valence-electron chi connectivity index (χ0n) is 18.9. The molecule has 31 heavy (non-hydrogen) atoms. The number of ether oxygens (including phenoxy) is 1. The molecule has 1 aromatic heterocycles. The van der Waals surface area contributed by atoms with Gasteiger partial charge in [0.1, 0.15) is 23.9 Å². The summed E-state index contributed by atoms with van der Waals surface area (Å²) in [7, 11) is 1.55. The maximum absolute atomic E-state index is 13.0. The quantitative estimate of drug-likeness (QED) is 0.490. The lowest BCUT2D eigenvalue weighted by Gasteiger charge is -2.20. The van der Waals surface area contributed by atoms with Crippen LogP contribution < -0.4 is 10.1 Å². The van der Waals surface area contributed by atoms with Crippen molar-refractivity contribution in [3.05, 3.63) is 52.9 Å². The Hall–Kier alpha value is -3.53. The Morgan fingerprint density at radius 2 is 2.00 bits per heavy atom. The molecule has 0 saturated carbocycles. The molecule has 0 unspecified atom stereocenters. The topological polar surface area (TPSA) is 87.4 Å². The van der Waals surface area contributed by atoms with E-state index in [0.717, 1.165) is 29.9 Å². The number of aromatic nitrogens is 1. The first-order valence-corrected chi connectivity index (χ1v) is 10.4. The molecule has 0 saturated heterocycles. The van der Waals surface area contributed by atoms with Crippen molar-refractivity contribution in [3.8, 4) is 11.8 Å². The third-order valence-corrected chi connectivity index (χ3v) is 5.07. The van der Waals surface area contributed by atoms with Crippen LogP contribution >= 0.6 is 0 Å². The van der Waals surface area contributed by atoms with Crippen LogP contribution in [0.4, 0.5) is 5.69 Å². The minimum Gasteiger partial charge on any atom is -0.497 e. The molecule has 1 N–H and O–H groups in total. The number of hydrogen-bond donors (Lipinski definition) is 1. The van der Waals surface area contributed by atoms with Crippen LogP contribution in [0.15, 0.2) is 35.9 Å². The van der Waals surface area contributed by atoms with Crippen molar-refractivity contribution in [2.75, 3.05) is 25.5 Å². The molecule has 2 amide bonds. The van der Waals surface area contributed by atoms with Gasteiger partial charge in [0, 0.05) is 36.2 Å². The lowest BCUT2D eigenvalue weighted by atomic mass is 10.1. The number of rotatable bonds is 9. The van der Waals surface area contributed by atoms with E-state index in [4.69, 9.17) is 4.74 Å². The number of carbonyl (C=O) groups is 2. The summed E-state index contributed by atoms with van der Waals surface area (Å²) < 4.78 is 7.32. The number of amides is 2. The number of likely N-dealkylation sites (N-methyl/N-ethyl adjacent to an activating group) is 1. The van der Waals surface area contributed by atoms with Crippen molar-refractivity contribution in [2.24, 2.45) is 0 Å². The summed E-state index contributed by atoms with van der Waals surface area (Å²) in [6, 6.07) is 11.0. The normalized spacial score (nSPS) is 11.0. The van der Waals surface area contributed by atoms with Gasteiger partial charge >= 0.3 is 0 Å². The van der Waals surface area contributed by atoms with Gasteiger partial charge in [-0.15, -0.1) is 0 Å². The Balaban J connectivity index is 2.17. The monoisotopic (exact) mass is 422 g/mol. The number of carbonyl (C=O) groups excluding carboxylic acids is 2. The van der Waals surface area contributed by atoms with Gasteiger partial charge in [-0.3, -0.25) is 9.59 Å². The lowest BCUT2D eigenvalue weighted by Crippen LogP contribution is -2.38. The molecule has 1 heterocycles. The second kappa shape index (κ2) is 11.0. The van der Waals surface area contributed by atoms with Crippen molar-refractivity contribution in [2.45, 2.75) is 40.7 Å². The van der Waals surface area contributed by atoms with E-state index in [1.807, 2.05) is 26.0 Å². The van der Waals surface area contributed by atoms with Crippen LogP contribution in [0.25, 0.3) is 6.08 Å². The zero-order chi connectivity index (χ0) is 23.0. The molecular formula is C24H30N4O3. The van der Waals surface area contributed by atoms with E-state index < -0.39 is 5.91 Å². The van der Waals surface area contributed by atoms with Gasteiger partial charge in [0.25, 0.3) is 5.91 Å². The minimum absolute atomic E-state index is 0.00720. The molecule has 0 spiro atoms. The number of methoxy groups -OCH3 is 1. The van der Waals surface area contributed by atoms with Crippen LogP contribution in [-0.4, -0.2) is 41.5 Å². The summed E-state index contributed by atoms with van der Waals surface area (Å²) in [5.74, 6) is -0.190. The van der Waals surface area contributed by atoms with Gasteiger partial charge in [0.15, 0.2) is 0 Å². The summed E-state index contributed by atoms with van der Waals surface area (Å²) in [6.45, 7) is 8.90. The highest BCUT2D eigenvalue weighted by atomic mass is 16.5. The molecule has 164 valence electrons. The Morgan fingerprint density at radius 1 is 1.26 bits per heavy atom. The summed E-state index contributed by atoms with van der Waals surface area (Å²) >= 11 is 0. The van der Waals surface area contributed by atoms with Crippen molar-refractivity contribution in [1.82, 2.24) is 9.47 Å². The lowest BCUT2D eigenvalue weighted by molar-refractivity contribution is -0.130. The summed E-state index contributed by atoms with van der Waals surface area (Å²) in [5.41, 5.74) is 3.52. The summed E-state index contributed by atoms with van der Waals surface area (Å²) in [5, 5.41) is 12.4. The van der Waals surface area contributed by atoms with Crippen molar-refractivity contribution in [1.29, 1.82) is 5.26 Å². The van der Waals surface area contributed by atoms with Crippen molar-refractivity contribution < 1.29 is 14.3 Å². The fraction of sp³-hybridized carbons (Fsp3) is 0.375. The third kappa shape index (κ3) is 5.98. The van der Waals surface area contributed by atoms with Gasteiger partial charge in [-0.1, -0.05) is 13.0 Å². The second-order valence-corrected chi connectivity index (χ2v) is 7.25. The molecule has 2 aromatic rings. The van der Waals surface area contributed by atoms with Gasteiger partial charge in [-0.2, -0.15) is 5.26 Å². The standard InChI is InChI=1S/C24H30N4O3/c1-6-11-28-17(3)12-19(18(28)4)13-20(15-25)24(30)27(7-2)16-23(29)26-21-9-8-10-22(14-21)31-5/h8-10,12-14H,6-7,11,16H2,1-5H3,(H,26,29)/b20-13-. The highest BCUT2D eigenvalue weighted by molar-refractivity contribution is 6.04. The number of hydrogen-bond acceptors (Lipinski definition) is 4. The van der Waals surface area contributed by atoms with E-state index in [9.17, 15) is 14.9 Å². The van der Waals surface area contributed by atoms with Gasteiger partial charge in [-0.25, -0.2) is 0 Å². The molecular weight excluding hydrogens is 392 g/mol. The number of anilines is 1. The van der Waals surface area contributed by atoms with Crippen LogP contribution in [0.2, 0.25) is 0 Å². The zero-order valence-corrected chi connectivity index (χ0v) is 18.9. The molecule has 1 aromatic carbocycles. The largest absolute Gasteiger partial charge is 0.497 e. The minimum atomic E-state index is -0.467. The number of benzene rings is 1. The third-order valence-electron chi connectivity index (χ3n) is 5.07. The molecule has 2 rings (SSSR count). The maximum atomic E-state index is 13.0. The molecule has 0 radical (unpaired) electrons. The van der Waals surface area contributed by atoms with Crippen LogP contribution in [-0.2, 0) is 16.1 Å². The Bertz CT molecular complexity index is 1010. The van der Waals surface area contributed by atoms with E-state index in [1.54, 1.807) is 44.4 Å². The Kier molecular flexibility index (Phi) is 8.44. The molecule has 0 atom stereocenters. The molecule has 7 heteroatoms. The molecule has 0 fully saturated rings.